The molecule has 3 N–H and O–H groups in total. The molecule has 0 aliphatic heterocycles. The van der Waals surface area contributed by atoms with Gasteiger partial charge in [0.15, 0.2) is 0 Å². The van der Waals surface area contributed by atoms with Gasteiger partial charge in [-0.15, -0.1) is 0 Å². The normalized spacial score (nSPS) is 10.2. The van der Waals surface area contributed by atoms with Crippen LogP contribution in [-0.4, -0.2) is 16.8 Å². The van der Waals surface area contributed by atoms with E-state index < -0.39 is 0 Å². The van der Waals surface area contributed by atoms with Crippen LogP contribution in [0.5, 0.6) is 0 Å². The van der Waals surface area contributed by atoms with Gasteiger partial charge in [0.05, 0.1) is 11.9 Å². The van der Waals surface area contributed by atoms with E-state index in [0.29, 0.717) is 17.3 Å². The molecule has 28 heavy (non-hydrogen) atoms. The van der Waals surface area contributed by atoms with Crippen LogP contribution in [0.4, 0.5) is 17.1 Å². The minimum absolute atomic E-state index is 0.117. The third kappa shape index (κ3) is 5.31. The fourth-order valence-electron chi connectivity index (χ4n) is 2.52. The lowest BCUT2D eigenvalue weighted by Gasteiger charge is -2.09. The second-order valence-corrected chi connectivity index (χ2v) is 6.50. The minimum atomic E-state index is -0.272. The lowest BCUT2D eigenvalue weighted by Crippen LogP contribution is -2.23. The van der Waals surface area contributed by atoms with Gasteiger partial charge in [-0.2, -0.15) is 0 Å². The molecule has 0 aliphatic rings. The number of benzene rings is 2. The van der Waals surface area contributed by atoms with Crippen molar-refractivity contribution in [1.82, 2.24) is 10.3 Å². The maximum absolute atomic E-state index is 12.3. The zero-order valence-corrected chi connectivity index (χ0v) is 16.0. The van der Waals surface area contributed by atoms with Gasteiger partial charge in [0, 0.05) is 29.9 Å². The summed E-state index contributed by atoms with van der Waals surface area (Å²) in [5, 5.41) is 9.32. The highest BCUT2D eigenvalue weighted by Gasteiger charge is 2.08. The van der Waals surface area contributed by atoms with Gasteiger partial charge in [-0.05, 0) is 48.0 Å². The van der Waals surface area contributed by atoms with Crippen molar-refractivity contribution in [3.05, 3.63) is 83.1 Å². The molecule has 2 amide bonds. The Hall–Kier alpha value is -3.38. The molecule has 7 heteroatoms. The number of halogens is 1. The summed E-state index contributed by atoms with van der Waals surface area (Å²) in [6.45, 7) is 1.80. The third-order valence-corrected chi connectivity index (χ3v) is 4.26. The van der Waals surface area contributed by atoms with E-state index in [1.165, 1.54) is 6.92 Å². The average molecular weight is 395 g/mol. The molecule has 0 atom stereocenters. The van der Waals surface area contributed by atoms with Crippen LogP contribution in [-0.2, 0) is 11.3 Å². The fraction of sp³-hybridized carbons (Fsp3) is 0.0952. The molecule has 142 valence electrons. The summed E-state index contributed by atoms with van der Waals surface area (Å²) in [6.07, 6.45) is 1.59. The fourth-order valence-corrected chi connectivity index (χ4v) is 2.72. The van der Waals surface area contributed by atoms with E-state index in [1.54, 1.807) is 36.5 Å². The Morgan fingerprint density at radius 1 is 0.929 bits per heavy atom. The van der Waals surface area contributed by atoms with Crippen LogP contribution in [0, 0.1) is 0 Å². The van der Waals surface area contributed by atoms with Crippen LogP contribution >= 0.6 is 11.6 Å². The van der Waals surface area contributed by atoms with Gasteiger partial charge in [-0.1, -0.05) is 29.8 Å². The Kier molecular flexibility index (Phi) is 6.24. The molecule has 0 aliphatic carbocycles. The zero-order valence-electron chi connectivity index (χ0n) is 15.2. The molecule has 0 unspecified atom stereocenters. The summed E-state index contributed by atoms with van der Waals surface area (Å²) in [4.78, 5) is 27.5. The minimum Gasteiger partial charge on any atom is -0.354 e. The Balaban J connectivity index is 1.57. The Morgan fingerprint density at radius 2 is 1.61 bits per heavy atom. The Morgan fingerprint density at radius 3 is 2.25 bits per heavy atom. The molecule has 3 rings (SSSR count). The van der Waals surface area contributed by atoms with E-state index in [2.05, 4.69) is 20.9 Å². The van der Waals surface area contributed by atoms with Crippen molar-refractivity contribution in [2.45, 2.75) is 13.5 Å². The first-order valence-corrected chi connectivity index (χ1v) is 9.01. The Bertz CT molecular complexity index is 972. The van der Waals surface area contributed by atoms with Crippen molar-refractivity contribution in [3.8, 4) is 0 Å². The van der Waals surface area contributed by atoms with E-state index >= 15 is 0 Å². The predicted octanol–water partition coefficient (Wildman–Crippen LogP) is 4.37. The highest BCUT2D eigenvalue weighted by Crippen LogP contribution is 2.19. The number of anilines is 3. The average Bonchev–Trinajstić information content (AvgIpc) is 2.69. The number of hydrogen-bond acceptors (Lipinski definition) is 4. The van der Waals surface area contributed by atoms with Crippen molar-refractivity contribution in [2.24, 2.45) is 0 Å². The van der Waals surface area contributed by atoms with Crippen LogP contribution in [0.25, 0.3) is 0 Å². The quantitative estimate of drug-likeness (QED) is 0.579. The number of hydrogen-bond donors (Lipinski definition) is 3. The lowest BCUT2D eigenvalue weighted by molar-refractivity contribution is -0.114. The summed E-state index contributed by atoms with van der Waals surface area (Å²) >= 11 is 6.09. The van der Waals surface area contributed by atoms with E-state index in [1.807, 2.05) is 30.3 Å². The third-order valence-electron chi connectivity index (χ3n) is 3.89. The molecule has 1 heterocycles. The molecule has 1 aromatic heterocycles. The predicted molar refractivity (Wildman–Crippen MR) is 111 cm³/mol. The number of pyridine rings is 1. The smallest absolute Gasteiger partial charge is 0.270 e. The van der Waals surface area contributed by atoms with Gasteiger partial charge >= 0.3 is 0 Å². The maximum atomic E-state index is 12.3. The highest BCUT2D eigenvalue weighted by atomic mass is 35.5. The van der Waals surface area contributed by atoms with E-state index in [4.69, 9.17) is 11.6 Å². The molecule has 0 bridgehead atoms. The largest absolute Gasteiger partial charge is 0.354 e. The monoisotopic (exact) mass is 394 g/mol. The van der Waals surface area contributed by atoms with Crippen molar-refractivity contribution in [3.63, 3.8) is 0 Å². The van der Waals surface area contributed by atoms with Crippen molar-refractivity contribution < 1.29 is 9.59 Å². The lowest BCUT2D eigenvalue weighted by atomic mass is 10.2. The molecule has 6 nitrogen and oxygen atoms in total. The highest BCUT2D eigenvalue weighted by molar-refractivity contribution is 6.31. The number of amides is 2. The van der Waals surface area contributed by atoms with Gasteiger partial charge in [-0.25, -0.2) is 4.98 Å². The van der Waals surface area contributed by atoms with Gasteiger partial charge < -0.3 is 16.0 Å². The number of nitrogens with one attached hydrogen (secondary N) is 3. The van der Waals surface area contributed by atoms with Crippen molar-refractivity contribution in [2.75, 3.05) is 10.6 Å². The van der Waals surface area contributed by atoms with Gasteiger partial charge in [0.2, 0.25) is 5.91 Å². The second kappa shape index (κ2) is 9.01. The Labute approximate surface area is 168 Å². The first kappa shape index (κ1) is 19.4. The van der Waals surface area contributed by atoms with Gasteiger partial charge in [0.25, 0.3) is 5.91 Å². The van der Waals surface area contributed by atoms with Crippen LogP contribution in [0.2, 0.25) is 5.02 Å². The summed E-state index contributed by atoms with van der Waals surface area (Å²) in [5.74, 6) is -0.389. The first-order chi connectivity index (χ1) is 13.5. The van der Waals surface area contributed by atoms with Gasteiger partial charge in [-0.3, -0.25) is 9.59 Å². The molecule has 2 aromatic carbocycles. The van der Waals surface area contributed by atoms with Crippen LogP contribution in [0.1, 0.15) is 23.0 Å². The van der Waals surface area contributed by atoms with Gasteiger partial charge in [0.1, 0.15) is 5.69 Å². The summed E-state index contributed by atoms with van der Waals surface area (Å²) < 4.78 is 0. The van der Waals surface area contributed by atoms with Crippen LogP contribution in [0.15, 0.2) is 66.9 Å². The van der Waals surface area contributed by atoms with Crippen LogP contribution < -0.4 is 16.0 Å². The summed E-state index contributed by atoms with van der Waals surface area (Å²) in [5.41, 5.74) is 3.47. The topological polar surface area (TPSA) is 83.1 Å². The number of aromatic nitrogens is 1. The van der Waals surface area contributed by atoms with Crippen LogP contribution in [0.3, 0.4) is 0 Å². The van der Waals surface area contributed by atoms with E-state index in [9.17, 15) is 9.59 Å². The zero-order chi connectivity index (χ0) is 19.9. The molecule has 0 saturated heterocycles. The molecule has 0 spiro atoms. The molecule has 3 aromatic rings. The van der Waals surface area contributed by atoms with E-state index in [0.717, 1.165) is 22.6 Å². The second-order valence-electron chi connectivity index (χ2n) is 6.09. The molecular formula is C21H19ClN4O2. The molecule has 0 fully saturated rings. The SMILES string of the molecule is CC(=O)Nc1ccc(Nc2ccc(C(=O)NCc3ccccc3Cl)nc2)cc1. The number of rotatable bonds is 6. The molecule has 0 radical (unpaired) electrons. The molecular weight excluding hydrogens is 376 g/mol. The summed E-state index contributed by atoms with van der Waals surface area (Å²) in [6, 6.07) is 18.1. The first-order valence-electron chi connectivity index (χ1n) is 8.63. The van der Waals surface area contributed by atoms with Crippen molar-refractivity contribution >= 4 is 40.5 Å². The molecule has 0 saturated carbocycles. The number of carbonyl (C=O) groups is 2. The number of nitrogens with zero attached hydrogens (tertiary/aromatic N) is 1. The maximum Gasteiger partial charge on any atom is 0.270 e. The van der Waals surface area contributed by atoms with E-state index in [-0.39, 0.29) is 11.8 Å². The summed E-state index contributed by atoms with van der Waals surface area (Å²) in [7, 11) is 0. The standard InChI is InChI=1S/C21H19ClN4O2/c1-14(27)25-16-6-8-17(9-7-16)26-18-10-11-20(23-13-18)21(28)24-12-15-4-2-3-5-19(15)22/h2-11,13,26H,12H2,1H3,(H,24,28)(H,25,27). The van der Waals surface area contributed by atoms with Crippen molar-refractivity contribution in [1.29, 1.82) is 0 Å². The number of carbonyl (C=O) groups excluding carboxylic acids is 2.